The maximum atomic E-state index is 13.1. The van der Waals surface area contributed by atoms with Crippen molar-refractivity contribution in [2.24, 2.45) is 10.7 Å². The number of rotatable bonds is 7. The lowest BCUT2D eigenvalue weighted by Gasteiger charge is -2.17. The fraction of sp³-hybridized carbons (Fsp3) is 0.444. The molecule has 0 fully saturated rings. The second-order valence-corrected chi connectivity index (χ2v) is 6.06. The molecule has 1 amide bonds. The maximum Gasteiger partial charge on any atom is 0.417 e. The molecule has 1 aromatic carbocycles. The number of hydrogen-bond donors (Lipinski definition) is 3. The Morgan fingerprint density at radius 2 is 1.96 bits per heavy atom. The molecule has 0 saturated heterocycles. The Bertz CT molecular complexity index is 815. The monoisotopic (exact) mass is 419 g/mol. The molecule has 0 atom stereocenters. The zero-order valence-corrected chi connectivity index (χ0v) is 16.6. The van der Waals surface area contributed by atoms with E-state index in [1.54, 1.807) is 0 Å². The highest BCUT2D eigenvalue weighted by atomic mass is 35.5. The van der Waals surface area contributed by atoms with E-state index in [1.807, 2.05) is 0 Å². The summed E-state index contributed by atoms with van der Waals surface area (Å²) < 4.78 is 39.2. The van der Waals surface area contributed by atoms with Crippen molar-refractivity contribution in [3.8, 4) is 0 Å². The van der Waals surface area contributed by atoms with Gasteiger partial charge in [-0.2, -0.15) is 18.2 Å². The Hall–Kier alpha value is -2.26. The molecule has 0 aliphatic rings. The SMILES string of the molecule is CCN(CC)CCCNC(N)=NC(=O)c1cc2c(C(F)(F)F)cccc2[nH]1.Cl. The van der Waals surface area contributed by atoms with E-state index >= 15 is 0 Å². The Morgan fingerprint density at radius 3 is 2.57 bits per heavy atom. The number of aliphatic imine (C=N–C) groups is 1. The average molecular weight is 420 g/mol. The number of fused-ring (bicyclic) bond motifs is 1. The molecular weight excluding hydrogens is 395 g/mol. The van der Waals surface area contributed by atoms with Gasteiger partial charge in [-0.3, -0.25) is 4.79 Å². The minimum atomic E-state index is -4.50. The van der Waals surface area contributed by atoms with Crippen LogP contribution in [0, 0.1) is 0 Å². The standard InChI is InChI=1S/C18H24F3N5O.ClH/c1-3-26(4-2)10-6-9-23-17(22)25-16(27)15-11-12-13(18(19,20)21)7-5-8-14(12)24-15;/h5,7-8,11,24H,3-4,6,9-10H2,1-2H3,(H3,22,23,25,27);1H. The molecule has 2 aromatic rings. The van der Waals surface area contributed by atoms with Crippen LogP contribution in [0.3, 0.4) is 0 Å². The number of carbonyl (C=O) groups excluding carboxylic acids is 1. The van der Waals surface area contributed by atoms with Crippen molar-refractivity contribution in [1.82, 2.24) is 15.2 Å². The number of nitrogens with one attached hydrogen (secondary N) is 2. The van der Waals surface area contributed by atoms with Gasteiger partial charge in [0, 0.05) is 17.4 Å². The summed E-state index contributed by atoms with van der Waals surface area (Å²) in [5.41, 5.74) is 5.06. The smallest absolute Gasteiger partial charge is 0.370 e. The van der Waals surface area contributed by atoms with Gasteiger partial charge >= 0.3 is 6.18 Å². The van der Waals surface area contributed by atoms with Gasteiger partial charge in [-0.25, -0.2) is 0 Å². The zero-order valence-electron chi connectivity index (χ0n) is 15.8. The number of nitrogens with two attached hydrogens (primary N) is 1. The topological polar surface area (TPSA) is 86.5 Å². The third-order valence-corrected chi connectivity index (χ3v) is 4.27. The molecule has 0 saturated carbocycles. The molecule has 4 N–H and O–H groups in total. The Morgan fingerprint density at radius 1 is 1.29 bits per heavy atom. The Balaban J connectivity index is 0.00000392. The van der Waals surface area contributed by atoms with Gasteiger partial charge in [0.05, 0.1) is 5.56 Å². The first-order chi connectivity index (χ1) is 12.8. The zero-order chi connectivity index (χ0) is 20.0. The lowest BCUT2D eigenvalue weighted by atomic mass is 10.1. The Labute approximate surface area is 167 Å². The highest BCUT2D eigenvalue weighted by Gasteiger charge is 2.33. The van der Waals surface area contributed by atoms with Crippen LogP contribution in [0.2, 0.25) is 0 Å². The van der Waals surface area contributed by atoms with Crippen molar-refractivity contribution < 1.29 is 18.0 Å². The number of amides is 1. The number of guanidine groups is 1. The van der Waals surface area contributed by atoms with Gasteiger partial charge in [-0.15, -0.1) is 12.4 Å². The molecule has 6 nitrogen and oxygen atoms in total. The molecule has 0 aliphatic carbocycles. The quantitative estimate of drug-likeness (QED) is 0.365. The Kier molecular flexibility index (Phi) is 8.77. The summed E-state index contributed by atoms with van der Waals surface area (Å²) in [7, 11) is 0. The number of aromatic nitrogens is 1. The van der Waals surface area contributed by atoms with Crippen LogP contribution in [-0.4, -0.2) is 47.9 Å². The van der Waals surface area contributed by atoms with E-state index in [-0.39, 0.29) is 35.0 Å². The third-order valence-electron chi connectivity index (χ3n) is 4.27. The van der Waals surface area contributed by atoms with Gasteiger partial charge in [0.2, 0.25) is 0 Å². The van der Waals surface area contributed by atoms with Gasteiger partial charge in [-0.05, 0) is 44.3 Å². The van der Waals surface area contributed by atoms with Gasteiger partial charge in [0.1, 0.15) is 5.69 Å². The molecular formula is C18H25ClF3N5O. The van der Waals surface area contributed by atoms with Crippen LogP contribution in [0.25, 0.3) is 10.9 Å². The molecule has 0 bridgehead atoms. The molecule has 2 rings (SSSR count). The van der Waals surface area contributed by atoms with Crippen molar-refractivity contribution in [2.45, 2.75) is 26.4 Å². The van der Waals surface area contributed by atoms with Crippen LogP contribution in [0.5, 0.6) is 0 Å². The lowest BCUT2D eigenvalue weighted by molar-refractivity contribution is -0.136. The van der Waals surface area contributed by atoms with E-state index in [0.29, 0.717) is 6.54 Å². The van der Waals surface area contributed by atoms with E-state index in [1.165, 1.54) is 12.1 Å². The van der Waals surface area contributed by atoms with Crippen molar-refractivity contribution in [3.63, 3.8) is 0 Å². The second kappa shape index (κ2) is 10.3. The van der Waals surface area contributed by atoms with Gasteiger partial charge in [0.15, 0.2) is 5.96 Å². The number of alkyl halides is 3. The van der Waals surface area contributed by atoms with Crippen molar-refractivity contribution in [2.75, 3.05) is 26.2 Å². The highest BCUT2D eigenvalue weighted by molar-refractivity contribution is 6.04. The minimum Gasteiger partial charge on any atom is -0.370 e. The van der Waals surface area contributed by atoms with Crippen molar-refractivity contribution >= 4 is 35.2 Å². The molecule has 156 valence electrons. The first-order valence-corrected chi connectivity index (χ1v) is 8.79. The molecule has 1 heterocycles. The molecule has 0 spiro atoms. The normalized spacial score (nSPS) is 12.3. The number of benzene rings is 1. The number of H-pyrrole nitrogens is 1. The maximum absolute atomic E-state index is 13.1. The summed E-state index contributed by atoms with van der Waals surface area (Å²) >= 11 is 0. The number of aromatic amines is 1. The summed E-state index contributed by atoms with van der Waals surface area (Å²) in [5, 5.41) is 2.77. The van der Waals surface area contributed by atoms with Crippen molar-refractivity contribution in [3.05, 3.63) is 35.5 Å². The van der Waals surface area contributed by atoms with Gasteiger partial charge in [0.25, 0.3) is 5.91 Å². The summed E-state index contributed by atoms with van der Waals surface area (Å²) in [6.07, 6.45) is -3.68. The summed E-state index contributed by atoms with van der Waals surface area (Å²) in [4.78, 5) is 20.8. The van der Waals surface area contributed by atoms with Gasteiger partial charge < -0.3 is 20.9 Å². The van der Waals surface area contributed by atoms with Crippen LogP contribution in [0.4, 0.5) is 13.2 Å². The summed E-state index contributed by atoms with van der Waals surface area (Å²) in [5.74, 6) is -0.790. The first-order valence-electron chi connectivity index (χ1n) is 8.79. The van der Waals surface area contributed by atoms with Crippen LogP contribution in [0.15, 0.2) is 29.3 Å². The third kappa shape index (κ3) is 6.13. The molecule has 10 heteroatoms. The first kappa shape index (κ1) is 23.8. The largest absolute Gasteiger partial charge is 0.417 e. The van der Waals surface area contributed by atoms with E-state index in [4.69, 9.17) is 5.73 Å². The van der Waals surface area contributed by atoms with Crippen LogP contribution >= 0.6 is 12.4 Å². The number of carbonyl (C=O) groups is 1. The van der Waals surface area contributed by atoms with Gasteiger partial charge in [-0.1, -0.05) is 19.9 Å². The summed E-state index contributed by atoms with van der Waals surface area (Å²) in [6, 6.07) is 4.88. The average Bonchev–Trinajstić information content (AvgIpc) is 3.05. The van der Waals surface area contributed by atoms with Crippen LogP contribution < -0.4 is 11.1 Å². The predicted molar refractivity (Wildman–Crippen MR) is 107 cm³/mol. The highest BCUT2D eigenvalue weighted by Crippen LogP contribution is 2.35. The molecule has 28 heavy (non-hydrogen) atoms. The fourth-order valence-corrected chi connectivity index (χ4v) is 2.79. The second-order valence-electron chi connectivity index (χ2n) is 6.06. The van der Waals surface area contributed by atoms with E-state index in [2.05, 4.69) is 34.0 Å². The van der Waals surface area contributed by atoms with E-state index in [9.17, 15) is 18.0 Å². The molecule has 0 unspecified atom stereocenters. The van der Waals surface area contributed by atoms with Crippen LogP contribution in [-0.2, 0) is 6.18 Å². The fourth-order valence-electron chi connectivity index (χ4n) is 2.79. The van der Waals surface area contributed by atoms with E-state index in [0.717, 1.165) is 38.2 Å². The van der Waals surface area contributed by atoms with E-state index < -0.39 is 17.6 Å². The molecule has 0 radical (unpaired) electrons. The van der Waals surface area contributed by atoms with Crippen molar-refractivity contribution in [1.29, 1.82) is 0 Å². The minimum absolute atomic E-state index is 0. The summed E-state index contributed by atoms with van der Waals surface area (Å²) in [6.45, 7) is 7.51. The number of halogens is 4. The number of hydrogen-bond acceptors (Lipinski definition) is 2. The molecule has 1 aromatic heterocycles. The lowest BCUT2D eigenvalue weighted by Crippen LogP contribution is -2.35. The molecule has 0 aliphatic heterocycles. The van der Waals surface area contributed by atoms with Crippen LogP contribution in [0.1, 0.15) is 36.3 Å². The predicted octanol–water partition coefficient (Wildman–Crippen LogP) is 3.38. The number of nitrogens with zero attached hydrogens (tertiary/aromatic N) is 2.